The number of para-hydroxylation sites is 2. The van der Waals surface area contributed by atoms with Gasteiger partial charge in [-0.1, -0.05) is 42.5 Å². The molecule has 4 aromatic carbocycles. The minimum Gasteiger partial charge on any atom is -0.508 e. The van der Waals surface area contributed by atoms with Crippen molar-refractivity contribution in [1.82, 2.24) is 0 Å². The van der Waals surface area contributed by atoms with Crippen molar-refractivity contribution < 1.29 is 14.7 Å². The van der Waals surface area contributed by atoms with Gasteiger partial charge in [-0.05, 0) is 65.7 Å². The van der Waals surface area contributed by atoms with Gasteiger partial charge in [-0.2, -0.15) is 0 Å². The molecule has 0 spiro atoms. The second kappa shape index (κ2) is 8.09. The zero-order valence-electron chi connectivity index (χ0n) is 16.3. The molecule has 0 bridgehead atoms. The van der Waals surface area contributed by atoms with Gasteiger partial charge in [0.2, 0.25) is 0 Å². The number of phenolic OH excluding ortho intramolecular Hbond substituents is 1. The summed E-state index contributed by atoms with van der Waals surface area (Å²) in [4.78, 5) is 25.6. The highest BCUT2D eigenvalue weighted by molar-refractivity contribution is 6.13. The summed E-state index contributed by atoms with van der Waals surface area (Å²) in [5.74, 6) is -0.401. The second-order valence-electron chi connectivity index (χ2n) is 6.97. The van der Waals surface area contributed by atoms with E-state index < -0.39 is 0 Å². The van der Waals surface area contributed by atoms with E-state index >= 15 is 0 Å². The van der Waals surface area contributed by atoms with Crippen LogP contribution in [0.2, 0.25) is 0 Å². The first-order valence-electron chi connectivity index (χ1n) is 9.52. The first-order valence-corrected chi connectivity index (χ1v) is 9.52. The predicted octanol–water partition coefficient (Wildman–Crippen LogP) is 5.36. The lowest BCUT2D eigenvalue weighted by atomic mass is 10.0. The van der Waals surface area contributed by atoms with Gasteiger partial charge in [-0.15, -0.1) is 0 Å². The zero-order chi connectivity index (χ0) is 21.1. The molecule has 0 fully saturated rings. The Morgan fingerprint density at radius 1 is 0.767 bits per heavy atom. The maximum Gasteiger partial charge on any atom is 0.257 e. The van der Waals surface area contributed by atoms with E-state index in [9.17, 15) is 14.7 Å². The number of rotatable bonds is 4. The average Bonchev–Trinajstić information content (AvgIpc) is 2.77. The fourth-order valence-corrected chi connectivity index (χ4v) is 3.32. The number of phenols is 1. The number of carbonyl (C=O) groups is 2. The van der Waals surface area contributed by atoms with Crippen LogP contribution in [0.5, 0.6) is 5.75 Å². The van der Waals surface area contributed by atoms with Crippen LogP contribution in [-0.4, -0.2) is 16.9 Å². The third-order valence-electron chi connectivity index (χ3n) is 4.97. The number of nitrogens with one attached hydrogen (secondary N) is 2. The van der Waals surface area contributed by atoms with Gasteiger partial charge in [0, 0.05) is 11.3 Å². The number of hydrogen-bond donors (Lipinski definition) is 3. The number of hydrogen-bond acceptors (Lipinski definition) is 3. The van der Waals surface area contributed by atoms with Crippen LogP contribution in [0.3, 0.4) is 0 Å². The standard InChI is InChI=1S/C25H20N2O3/c1-16-20-13-11-18(15-17(20)12-14-23(16)28)24(29)27-22-10-6-5-9-21(22)25(30)26-19-7-3-2-4-8-19/h2-15,28H,1H3,(H,26,30)(H,27,29). The van der Waals surface area contributed by atoms with Crippen LogP contribution in [0.4, 0.5) is 11.4 Å². The van der Waals surface area contributed by atoms with Crippen LogP contribution in [-0.2, 0) is 0 Å². The smallest absolute Gasteiger partial charge is 0.257 e. The van der Waals surface area contributed by atoms with Crippen LogP contribution in [0, 0.1) is 6.92 Å². The molecule has 0 heterocycles. The Balaban J connectivity index is 1.59. The lowest BCUT2D eigenvalue weighted by Crippen LogP contribution is -2.18. The number of aromatic hydroxyl groups is 1. The van der Waals surface area contributed by atoms with Crippen molar-refractivity contribution in [2.45, 2.75) is 6.92 Å². The second-order valence-corrected chi connectivity index (χ2v) is 6.97. The minimum absolute atomic E-state index is 0.220. The molecule has 4 rings (SSSR count). The van der Waals surface area contributed by atoms with E-state index in [0.29, 0.717) is 22.5 Å². The van der Waals surface area contributed by atoms with E-state index in [2.05, 4.69) is 10.6 Å². The molecule has 0 atom stereocenters. The summed E-state index contributed by atoms with van der Waals surface area (Å²) in [5.41, 5.74) is 2.71. The van der Waals surface area contributed by atoms with Gasteiger partial charge in [-0.25, -0.2) is 0 Å². The Labute approximate surface area is 174 Å². The van der Waals surface area contributed by atoms with Gasteiger partial charge in [0.15, 0.2) is 0 Å². The minimum atomic E-state index is -0.317. The summed E-state index contributed by atoms with van der Waals surface area (Å²) in [6.45, 7) is 1.83. The number of benzene rings is 4. The van der Waals surface area contributed by atoms with Crippen molar-refractivity contribution in [2.75, 3.05) is 10.6 Å². The number of amides is 2. The van der Waals surface area contributed by atoms with Gasteiger partial charge >= 0.3 is 0 Å². The predicted molar refractivity (Wildman–Crippen MR) is 119 cm³/mol. The van der Waals surface area contributed by atoms with Crippen LogP contribution in [0.1, 0.15) is 26.3 Å². The van der Waals surface area contributed by atoms with E-state index in [1.165, 1.54) is 0 Å². The monoisotopic (exact) mass is 396 g/mol. The molecule has 5 heteroatoms. The first kappa shape index (κ1) is 19.2. The number of aryl methyl sites for hydroxylation is 1. The molecule has 5 nitrogen and oxygen atoms in total. The van der Waals surface area contributed by atoms with Crippen LogP contribution >= 0.6 is 0 Å². The van der Waals surface area contributed by atoms with E-state index in [1.807, 2.05) is 31.2 Å². The summed E-state index contributed by atoms with van der Waals surface area (Å²) in [5, 5.41) is 17.3. The molecular weight excluding hydrogens is 376 g/mol. The largest absolute Gasteiger partial charge is 0.508 e. The molecule has 30 heavy (non-hydrogen) atoms. The van der Waals surface area contributed by atoms with Gasteiger partial charge in [-0.3, -0.25) is 9.59 Å². The molecule has 0 aliphatic carbocycles. The first-order chi connectivity index (χ1) is 14.5. The Hall–Kier alpha value is -4.12. The molecule has 4 aromatic rings. The van der Waals surface area contributed by atoms with Crippen molar-refractivity contribution in [1.29, 1.82) is 0 Å². The molecule has 0 aliphatic rings. The van der Waals surface area contributed by atoms with Crippen molar-refractivity contribution in [3.63, 3.8) is 0 Å². The topological polar surface area (TPSA) is 78.4 Å². The van der Waals surface area contributed by atoms with Crippen molar-refractivity contribution in [3.05, 3.63) is 102 Å². The van der Waals surface area contributed by atoms with Gasteiger partial charge in [0.05, 0.1) is 11.3 Å². The van der Waals surface area contributed by atoms with Gasteiger partial charge < -0.3 is 15.7 Å². The Morgan fingerprint density at radius 3 is 2.30 bits per heavy atom. The third kappa shape index (κ3) is 3.86. The van der Waals surface area contributed by atoms with Gasteiger partial charge in [0.25, 0.3) is 11.8 Å². The molecule has 0 saturated carbocycles. The molecular formula is C25H20N2O3. The highest BCUT2D eigenvalue weighted by Crippen LogP contribution is 2.27. The number of anilines is 2. The van der Waals surface area contributed by atoms with E-state index in [1.54, 1.807) is 60.7 Å². The number of fused-ring (bicyclic) bond motifs is 1. The highest BCUT2D eigenvalue weighted by atomic mass is 16.3. The molecule has 0 aliphatic heterocycles. The normalized spacial score (nSPS) is 10.6. The SMILES string of the molecule is Cc1c(O)ccc2cc(C(=O)Nc3ccccc3C(=O)Nc3ccccc3)ccc12. The maximum atomic E-state index is 12.9. The fraction of sp³-hybridized carbons (Fsp3) is 0.0400. The van der Waals surface area contributed by atoms with Crippen molar-refractivity contribution >= 4 is 34.0 Å². The number of carbonyl (C=O) groups excluding carboxylic acids is 2. The molecule has 0 unspecified atom stereocenters. The quantitative estimate of drug-likeness (QED) is 0.435. The van der Waals surface area contributed by atoms with E-state index in [-0.39, 0.29) is 17.6 Å². The van der Waals surface area contributed by atoms with E-state index in [4.69, 9.17) is 0 Å². The molecule has 0 radical (unpaired) electrons. The summed E-state index contributed by atoms with van der Waals surface area (Å²) < 4.78 is 0. The summed E-state index contributed by atoms with van der Waals surface area (Å²) in [7, 11) is 0. The average molecular weight is 396 g/mol. The molecule has 0 saturated heterocycles. The molecule has 148 valence electrons. The lowest BCUT2D eigenvalue weighted by Gasteiger charge is -2.12. The fourth-order valence-electron chi connectivity index (χ4n) is 3.32. The maximum absolute atomic E-state index is 12.9. The van der Waals surface area contributed by atoms with Crippen molar-refractivity contribution in [3.8, 4) is 5.75 Å². The van der Waals surface area contributed by atoms with Gasteiger partial charge in [0.1, 0.15) is 5.75 Å². The third-order valence-corrected chi connectivity index (χ3v) is 4.97. The molecule has 0 aromatic heterocycles. The summed E-state index contributed by atoms with van der Waals surface area (Å²) >= 11 is 0. The van der Waals surface area contributed by atoms with Crippen LogP contribution in [0.25, 0.3) is 10.8 Å². The molecule has 3 N–H and O–H groups in total. The Morgan fingerprint density at radius 2 is 1.50 bits per heavy atom. The lowest BCUT2D eigenvalue weighted by molar-refractivity contribution is 0.102. The summed E-state index contributed by atoms with van der Waals surface area (Å²) in [6, 6.07) is 24.7. The van der Waals surface area contributed by atoms with Crippen molar-refractivity contribution in [2.24, 2.45) is 0 Å². The highest BCUT2D eigenvalue weighted by Gasteiger charge is 2.15. The van der Waals surface area contributed by atoms with E-state index in [0.717, 1.165) is 16.3 Å². The molecule has 2 amide bonds. The Bertz CT molecular complexity index is 1250. The van der Waals surface area contributed by atoms with Crippen LogP contribution in [0.15, 0.2) is 84.9 Å². The summed E-state index contributed by atoms with van der Waals surface area (Å²) in [6.07, 6.45) is 0. The zero-order valence-corrected chi connectivity index (χ0v) is 16.3. The van der Waals surface area contributed by atoms with Crippen LogP contribution < -0.4 is 10.6 Å². The Kier molecular flexibility index (Phi) is 5.18.